The zero-order valence-corrected chi connectivity index (χ0v) is 17.2. The van der Waals surface area contributed by atoms with Gasteiger partial charge in [-0.05, 0) is 44.8 Å². The Morgan fingerprint density at radius 2 is 1.90 bits per heavy atom. The molecule has 0 unspecified atom stereocenters. The van der Waals surface area contributed by atoms with Crippen LogP contribution in [-0.4, -0.2) is 41.2 Å². The Balaban J connectivity index is 1.67. The summed E-state index contributed by atoms with van der Waals surface area (Å²) >= 11 is 0. The van der Waals surface area contributed by atoms with E-state index in [1.807, 2.05) is 64.1 Å². The highest BCUT2D eigenvalue weighted by Crippen LogP contribution is 2.38. The summed E-state index contributed by atoms with van der Waals surface area (Å²) in [7, 11) is -0.626. The summed E-state index contributed by atoms with van der Waals surface area (Å²) in [5.41, 5.74) is 7.00. The molecule has 0 atom stereocenters. The first-order valence-corrected chi connectivity index (χ1v) is 9.48. The van der Waals surface area contributed by atoms with E-state index in [4.69, 9.17) is 19.8 Å². The van der Waals surface area contributed by atoms with Gasteiger partial charge in [0.1, 0.15) is 12.4 Å². The van der Waals surface area contributed by atoms with Crippen LogP contribution in [-0.2, 0) is 20.7 Å². The van der Waals surface area contributed by atoms with Crippen LogP contribution in [0.25, 0.3) is 6.08 Å². The molecule has 3 rings (SSSR count). The van der Waals surface area contributed by atoms with E-state index in [0.717, 1.165) is 5.56 Å². The van der Waals surface area contributed by atoms with Crippen LogP contribution in [0.4, 0.5) is 10.6 Å². The number of aromatic amines is 1. The summed E-state index contributed by atoms with van der Waals surface area (Å²) < 4.78 is 17.5. The van der Waals surface area contributed by atoms with Gasteiger partial charge >= 0.3 is 13.2 Å². The van der Waals surface area contributed by atoms with E-state index < -0.39 is 24.4 Å². The number of aromatic nitrogens is 2. The third-order valence-corrected chi connectivity index (χ3v) is 5.16. The molecule has 0 saturated carbocycles. The van der Waals surface area contributed by atoms with Crippen LogP contribution in [0.5, 0.6) is 0 Å². The average molecular weight is 398 g/mol. The number of amides is 1. The van der Waals surface area contributed by atoms with Gasteiger partial charge in [0.25, 0.3) is 0 Å². The highest BCUT2D eigenvalue weighted by Gasteiger charge is 2.52. The molecule has 1 amide bonds. The molecule has 8 nitrogen and oxygen atoms in total. The maximum absolute atomic E-state index is 12.2. The van der Waals surface area contributed by atoms with Crippen molar-refractivity contribution in [2.45, 2.75) is 45.5 Å². The van der Waals surface area contributed by atoms with Gasteiger partial charge in [-0.1, -0.05) is 30.3 Å². The third kappa shape index (κ3) is 5.19. The smallest absolute Gasteiger partial charge is 0.445 e. The lowest BCUT2D eigenvalue weighted by atomic mass is 9.77. The molecule has 1 fully saturated rings. The Kier molecular flexibility index (Phi) is 6.00. The first-order valence-electron chi connectivity index (χ1n) is 9.48. The van der Waals surface area contributed by atoms with Crippen molar-refractivity contribution in [1.82, 2.24) is 15.5 Å². The van der Waals surface area contributed by atoms with Crippen molar-refractivity contribution < 1.29 is 18.8 Å². The molecule has 1 aliphatic heterocycles. The van der Waals surface area contributed by atoms with Gasteiger partial charge in [-0.15, -0.1) is 0 Å². The molecule has 0 bridgehead atoms. The minimum Gasteiger partial charge on any atom is -0.445 e. The number of ether oxygens (including phenoxy) is 1. The molecule has 9 heteroatoms. The Labute approximate surface area is 170 Å². The zero-order chi connectivity index (χ0) is 21.1. The van der Waals surface area contributed by atoms with Gasteiger partial charge in [-0.25, -0.2) is 4.79 Å². The summed E-state index contributed by atoms with van der Waals surface area (Å²) in [6.07, 6.45) is 1.28. The molecule has 0 aliphatic carbocycles. The van der Waals surface area contributed by atoms with Crippen molar-refractivity contribution >= 4 is 25.1 Å². The fraction of sp³-hybridized carbons (Fsp3) is 0.400. The number of nitrogens with two attached hydrogens (primary N) is 1. The van der Waals surface area contributed by atoms with E-state index >= 15 is 0 Å². The average Bonchev–Trinajstić information content (AvgIpc) is 3.17. The zero-order valence-electron chi connectivity index (χ0n) is 17.2. The molecule has 2 heterocycles. The number of nitrogen functional groups attached to an aromatic ring is 1. The summed E-state index contributed by atoms with van der Waals surface area (Å²) in [4.78, 5) is 12.2. The lowest BCUT2D eigenvalue weighted by Crippen LogP contribution is -2.41. The van der Waals surface area contributed by atoms with Crippen LogP contribution in [0.2, 0.25) is 0 Å². The monoisotopic (exact) mass is 398 g/mol. The van der Waals surface area contributed by atoms with Crippen molar-refractivity contribution in [2.75, 3.05) is 12.3 Å². The quantitative estimate of drug-likeness (QED) is 0.646. The highest BCUT2D eigenvalue weighted by atomic mass is 16.7. The third-order valence-electron chi connectivity index (χ3n) is 5.16. The van der Waals surface area contributed by atoms with Gasteiger partial charge in [0.2, 0.25) is 0 Å². The molecule has 4 N–H and O–H groups in total. The van der Waals surface area contributed by atoms with Gasteiger partial charge in [0.05, 0.1) is 16.9 Å². The van der Waals surface area contributed by atoms with E-state index in [0.29, 0.717) is 17.0 Å². The predicted molar refractivity (Wildman–Crippen MR) is 112 cm³/mol. The Morgan fingerprint density at radius 3 is 2.48 bits per heavy atom. The van der Waals surface area contributed by atoms with E-state index in [1.54, 1.807) is 6.07 Å². The number of rotatable bonds is 6. The number of nitrogens with zero attached hydrogens (tertiary/aromatic N) is 1. The minimum atomic E-state index is -0.626. The molecule has 29 heavy (non-hydrogen) atoms. The van der Waals surface area contributed by atoms with Crippen LogP contribution in [0.3, 0.4) is 0 Å². The molecular weight excluding hydrogens is 371 g/mol. The van der Waals surface area contributed by atoms with Crippen LogP contribution in [0.15, 0.2) is 41.9 Å². The first-order chi connectivity index (χ1) is 13.7. The number of hydrogen-bond donors (Lipinski definition) is 3. The summed E-state index contributed by atoms with van der Waals surface area (Å²) in [5, 5.41) is 9.51. The van der Waals surface area contributed by atoms with E-state index in [-0.39, 0.29) is 13.2 Å². The molecule has 0 spiro atoms. The normalized spacial score (nSPS) is 17.9. The second-order valence-corrected chi connectivity index (χ2v) is 7.97. The number of carbonyl (C=O) groups excluding carboxylic acids is 1. The van der Waals surface area contributed by atoms with Gasteiger partial charge in [0.15, 0.2) is 0 Å². The number of benzene rings is 1. The predicted octanol–water partition coefficient (Wildman–Crippen LogP) is 2.93. The van der Waals surface area contributed by atoms with Crippen LogP contribution in [0, 0.1) is 0 Å². The molecule has 1 saturated heterocycles. The SMILES string of the molecule is CC1(C)OB(C(=Cc2cc(N)n[nH]2)CNC(=O)OCc2ccccc2)OC1(C)C. The maximum atomic E-state index is 12.2. The molecule has 1 aromatic carbocycles. The van der Waals surface area contributed by atoms with E-state index in [2.05, 4.69) is 15.5 Å². The van der Waals surface area contributed by atoms with Gasteiger partial charge in [-0.2, -0.15) is 5.10 Å². The van der Waals surface area contributed by atoms with E-state index in [9.17, 15) is 4.79 Å². The molecule has 154 valence electrons. The summed E-state index contributed by atoms with van der Waals surface area (Å²) in [6, 6.07) is 11.2. The largest absolute Gasteiger partial charge is 0.492 e. The standard InChI is InChI=1S/C20H27BN4O4/c1-19(2)20(3,4)29-21(28-19)15(10-16-11-17(22)25-24-16)12-23-18(26)27-13-14-8-6-5-7-9-14/h5-11H,12-13H2,1-4H3,(H,23,26)(H3,22,24,25). The van der Waals surface area contributed by atoms with Crippen molar-refractivity contribution in [1.29, 1.82) is 0 Å². The highest BCUT2D eigenvalue weighted by molar-refractivity contribution is 6.56. The van der Waals surface area contributed by atoms with Crippen molar-refractivity contribution in [3.8, 4) is 0 Å². The second-order valence-electron chi connectivity index (χ2n) is 7.97. The minimum absolute atomic E-state index is 0.184. The summed E-state index contributed by atoms with van der Waals surface area (Å²) in [6.45, 7) is 8.27. The Morgan fingerprint density at radius 1 is 1.24 bits per heavy atom. The number of hydrogen-bond acceptors (Lipinski definition) is 6. The van der Waals surface area contributed by atoms with Crippen LogP contribution < -0.4 is 11.1 Å². The Bertz CT molecular complexity index is 864. The van der Waals surface area contributed by atoms with Crippen molar-refractivity contribution in [3.63, 3.8) is 0 Å². The molecular formula is C20H27BN4O4. The second kappa shape index (κ2) is 8.30. The number of alkyl carbamates (subject to hydrolysis) is 1. The first kappa shape index (κ1) is 20.9. The number of carbonyl (C=O) groups is 1. The fourth-order valence-electron chi connectivity index (χ4n) is 2.77. The van der Waals surface area contributed by atoms with Gasteiger partial charge in [0, 0.05) is 12.6 Å². The summed E-state index contributed by atoms with van der Waals surface area (Å²) in [5.74, 6) is 0.375. The number of H-pyrrole nitrogens is 1. The van der Waals surface area contributed by atoms with E-state index in [1.165, 1.54) is 0 Å². The van der Waals surface area contributed by atoms with Crippen molar-refractivity contribution in [3.05, 3.63) is 53.1 Å². The van der Waals surface area contributed by atoms with Gasteiger partial charge < -0.3 is 25.1 Å². The topological polar surface area (TPSA) is 111 Å². The molecule has 0 radical (unpaired) electrons. The lowest BCUT2D eigenvalue weighted by Gasteiger charge is -2.32. The number of anilines is 1. The molecule has 2 aromatic rings. The lowest BCUT2D eigenvalue weighted by molar-refractivity contribution is 0.00578. The maximum Gasteiger partial charge on any atom is 0.492 e. The van der Waals surface area contributed by atoms with Crippen LogP contribution >= 0.6 is 0 Å². The molecule has 1 aromatic heterocycles. The van der Waals surface area contributed by atoms with Gasteiger partial charge in [-0.3, -0.25) is 5.10 Å². The van der Waals surface area contributed by atoms with Crippen molar-refractivity contribution in [2.24, 2.45) is 0 Å². The molecule has 1 aliphatic rings. The van der Waals surface area contributed by atoms with Crippen LogP contribution in [0.1, 0.15) is 39.0 Å². The number of nitrogens with one attached hydrogen (secondary N) is 2. The fourth-order valence-corrected chi connectivity index (χ4v) is 2.77. The Hall–Kier alpha value is -2.78.